The quantitative estimate of drug-likeness (QED) is 0.0465. The number of nitrogens with two attached hydrogens (primary N) is 2. The summed E-state index contributed by atoms with van der Waals surface area (Å²) >= 11 is 7.82. The first-order valence-corrected chi connectivity index (χ1v) is 28.1. The van der Waals surface area contributed by atoms with E-state index in [1.165, 1.54) is 23.1 Å². The number of hydrogen-bond donors (Lipinski definition) is 3. The van der Waals surface area contributed by atoms with E-state index in [0.717, 1.165) is 77.6 Å². The molecule has 20 nitrogen and oxygen atoms in total. The molecule has 5 aliphatic rings. The molecule has 82 heavy (non-hydrogen) atoms. The van der Waals surface area contributed by atoms with Gasteiger partial charge in [-0.05, 0) is 106 Å². The van der Waals surface area contributed by atoms with E-state index >= 15 is 8.78 Å². The summed E-state index contributed by atoms with van der Waals surface area (Å²) in [7, 11) is 1.99. The fourth-order valence-corrected chi connectivity index (χ4v) is 13.6. The minimum absolute atomic E-state index is 0.00499. The van der Waals surface area contributed by atoms with Crippen molar-refractivity contribution in [3.63, 3.8) is 0 Å². The number of likely N-dealkylation sites (N-methyl/N-ethyl adjacent to an activating group) is 1. The Balaban J connectivity index is 0.719. The summed E-state index contributed by atoms with van der Waals surface area (Å²) in [5, 5.41) is 13.7. The lowest BCUT2D eigenvalue weighted by molar-refractivity contribution is -0.188. The van der Waals surface area contributed by atoms with Gasteiger partial charge in [0, 0.05) is 75.8 Å². The molecule has 0 bridgehead atoms. The van der Waals surface area contributed by atoms with E-state index in [4.69, 9.17) is 52.0 Å². The summed E-state index contributed by atoms with van der Waals surface area (Å²) in [5.74, 6) is -3.63. The van der Waals surface area contributed by atoms with Gasteiger partial charge in [-0.1, -0.05) is 31.2 Å². The maximum Gasteiger partial charge on any atom is 0.407 e. The fraction of sp³-hybridized carbons (Fsp3) is 0.362. The molecule has 2 amide bonds. The Bertz CT molecular complexity index is 4070. The standard InChI is InChI=1S/C58H54ClF2N11O9S/c1-5-58(37-19-42-48-35(23-72(42)54(75)36(37)26-78-55(58)76)30-9-6-10-31-40(63)13-14-41(66-48)44(30)31)81-43(73)21-65-57(77)80-24-27(2)53(74)70-16-17-71(28(3)22-70)52-33-18-38(59)46(32-11-12-39(60)50-45(32)34(20-62)51(64)82-50)47(61)49(33)67-56(68-52)79-25-29-8-7-15-69(29)4/h11-14,18-19,28-29H,2,5-10,15-17,21-26,63-64H2,1,3-4H3,(H,65,77)/t28-,29-,58-/m0/s1. The second-order valence-corrected chi connectivity index (χ2v) is 22.7. The molecule has 1 aliphatic carbocycles. The number of rotatable bonds is 12. The van der Waals surface area contributed by atoms with Gasteiger partial charge < -0.3 is 55.0 Å². The van der Waals surface area contributed by atoms with Gasteiger partial charge in [-0.3, -0.25) is 14.4 Å². The van der Waals surface area contributed by atoms with Crippen LogP contribution in [-0.4, -0.2) is 118 Å². The van der Waals surface area contributed by atoms with Crippen LogP contribution in [0.25, 0.3) is 54.4 Å². The third-order valence-electron chi connectivity index (χ3n) is 16.6. The fourth-order valence-electron chi connectivity index (χ4n) is 12.4. The van der Waals surface area contributed by atoms with Crippen molar-refractivity contribution in [1.29, 1.82) is 5.26 Å². The van der Waals surface area contributed by atoms with Gasteiger partial charge in [-0.25, -0.2) is 23.4 Å². The predicted molar refractivity (Wildman–Crippen MR) is 302 cm³/mol. The molecule has 3 aromatic carbocycles. The lowest BCUT2D eigenvalue weighted by atomic mass is 9.85. The number of nitrogen functional groups attached to an aromatic ring is 2. The number of benzene rings is 3. The second kappa shape index (κ2) is 20.8. The molecule has 4 aliphatic heterocycles. The van der Waals surface area contributed by atoms with Crippen LogP contribution in [0.1, 0.15) is 72.9 Å². The average molecular weight is 1150 g/mol. The van der Waals surface area contributed by atoms with Gasteiger partial charge in [0.25, 0.3) is 11.5 Å². The highest BCUT2D eigenvalue weighted by molar-refractivity contribution is 7.23. The molecular formula is C58H54ClF2N11O9S. The Morgan fingerprint density at radius 2 is 1.83 bits per heavy atom. The van der Waals surface area contributed by atoms with Gasteiger partial charge >= 0.3 is 24.0 Å². The predicted octanol–water partition coefficient (Wildman–Crippen LogP) is 7.40. The SMILES string of the molecule is C=C(COC(=O)NCC(=O)O[C@]1(CC)C(=O)OCc2c1cc1n(c2=O)Cc2c-1nc1ccc(N)c3c1c2CCC3)C(=O)N1CCN(c2nc(OC[C@@H]3CCCN3C)nc3c(F)c(-c4ccc(F)c5sc(N)c(C#N)c45)c(Cl)cc23)[C@@H](C)C1. The molecule has 7 aromatic rings. The summed E-state index contributed by atoms with van der Waals surface area (Å²) in [4.78, 5) is 88.4. The van der Waals surface area contributed by atoms with Crippen molar-refractivity contribution >= 4 is 95.3 Å². The van der Waals surface area contributed by atoms with E-state index in [0.29, 0.717) is 17.1 Å². The Morgan fingerprint density at radius 1 is 1.02 bits per heavy atom. The third-order valence-corrected chi connectivity index (χ3v) is 17.9. The number of piperazine rings is 1. The van der Waals surface area contributed by atoms with Crippen LogP contribution >= 0.6 is 22.9 Å². The van der Waals surface area contributed by atoms with Crippen molar-refractivity contribution in [2.24, 2.45) is 0 Å². The molecular weight excluding hydrogens is 1100 g/mol. The number of nitrogens with zero attached hydrogens (tertiary/aromatic N) is 8. The van der Waals surface area contributed by atoms with Gasteiger partial charge in [-0.15, -0.1) is 11.3 Å². The number of cyclic esters (lactones) is 1. The van der Waals surface area contributed by atoms with E-state index in [9.17, 15) is 29.2 Å². The van der Waals surface area contributed by atoms with Crippen LogP contribution in [0.15, 0.2) is 53.3 Å². The van der Waals surface area contributed by atoms with Gasteiger partial charge in [0.05, 0.1) is 44.3 Å². The number of aromatic nitrogens is 4. The topological polar surface area (TPSA) is 263 Å². The minimum Gasteiger partial charge on any atom is -0.462 e. The molecule has 24 heteroatoms. The third kappa shape index (κ3) is 8.85. The van der Waals surface area contributed by atoms with Crippen molar-refractivity contribution in [2.75, 3.05) is 69.4 Å². The number of esters is 2. The smallest absolute Gasteiger partial charge is 0.407 e. The van der Waals surface area contributed by atoms with Crippen LogP contribution in [0, 0.1) is 23.0 Å². The largest absolute Gasteiger partial charge is 0.462 e. The van der Waals surface area contributed by atoms with Gasteiger partial charge in [0.15, 0.2) is 5.82 Å². The maximum absolute atomic E-state index is 17.3. The normalized spacial score (nSPS) is 19.2. The van der Waals surface area contributed by atoms with Crippen molar-refractivity contribution in [1.82, 2.24) is 34.6 Å². The molecule has 0 unspecified atom stereocenters. The Hall–Kier alpha value is -8.46. The molecule has 0 spiro atoms. The summed E-state index contributed by atoms with van der Waals surface area (Å²) in [6.07, 6.45) is 3.17. The number of thiophene rings is 1. The lowest BCUT2D eigenvalue weighted by Crippen LogP contribution is -2.54. The summed E-state index contributed by atoms with van der Waals surface area (Å²) in [6.45, 7) is 7.53. The number of aryl methyl sites for hydroxylation is 2. The number of likely N-dealkylation sites (tertiary alicyclic amines) is 1. The highest BCUT2D eigenvalue weighted by atomic mass is 35.5. The van der Waals surface area contributed by atoms with Crippen molar-refractivity contribution in [2.45, 2.75) is 83.2 Å². The zero-order valence-corrected chi connectivity index (χ0v) is 46.5. The molecule has 0 saturated carbocycles. The molecule has 5 N–H and O–H groups in total. The number of alkyl carbamates (subject to hydrolysis) is 1. The van der Waals surface area contributed by atoms with Crippen LogP contribution in [0.5, 0.6) is 6.01 Å². The second-order valence-electron chi connectivity index (χ2n) is 21.3. The summed E-state index contributed by atoms with van der Waals surface area (Å²) in [5.41, 5.74) is 15.8. The molecule has 0 radical (unpaired) electrons. The zero-order valence-electron chi connectivity index (χ0n) is 44.9. The molecule has 2 saturated heterocycles. The molecule has 12 rings (SSSR count). The number of hydrogen-bond acceptors (Lipinski definition) is 18. The van der Waals surface area contributed by atoms with Crippen molar-refractivity contribution in [3.8, 4) is 34.6 Å². The number of carbonyl (C=O) groups excluding carboxylic acids is 4. The molecule has 2 fully saturated rings. The van der Waals surface area contributed by atoms with Crippen LogP contribution in [-0.2, 0) is 60.2 Å². The van der Waals surface area contributed by atoms with Crippen LogP contribution in [0.4, 0.5) is 30.1 Å². The lowest BCUT2D eigenvalue weighted by Gasteiger charge is -2.41. The minimum atomic E-state index is -2.03. The monoisotopic (exact) mass is 1150 g/mol. The number of anilines is 3. The molecule has 422 valence electrons. The highest BCUT2D eigenvalue weighted by Gasteiger charge is 2.51. The Labute approximate surface area is 476 Å². The van der Waals surface area contributed by atoms with Crippen LogP contribution in [0.3, 0.4) is 0 Å². The highest BCUT2D eigenvalue weighted by Crippen LogP contribution is 2.47. The van der Waals surface area contributed by atoms with E-state index in [1.54, 1.807) is 17.6 Å². The van der Waals surface area contributed by atoms with Crippen LogP contribution in [0.2, 0.25) is 5.02 Å². The van der Waals surface area contributed by atoms with Crippen LogP contribution < -0.4 is 32.0 Å². The van der Waals surface area contributed by atoms with E-state index in [2.05, 4.69) is 21.8 Å². The van der Waals surface area contributed by atoms with E-state index in [1.807, 2.05) is 37.1 Å². The maximum atomic E-state index is 17.3. The van der Waals surface area contributed by atoms with Gasteiger partial charge in [-0.2, -0.15) is 15.2 Å². The van der Waals surface area contributed by atoms with Crippen molar-refractivity contribution in [3.05, 3.63) is 109 Å². The molecule has 3 atom stereocenters. The number of halogens is 3. The van der Waals surface area contributed by atoms with Crippen molar-refractivity contribution < 1.29 is 46.9 Å². The number of nitriles is 1. The number of pyridine rings is 2. The van der Waals surface area contributed by atoms with Gasteiger partial charge in [0.2, 0.25) is 5.60 Å². The first-order chi connectivity index (χ1) is 39.4. The first kappa shape index (κ1) is 54.1. The number of amides is 2. The average Bonchev–Trinajstić information content (AvgIpc) is 2.65. The number of ether oxygens (including phenoxy) is 4. The van der Waals surface area contributed by atoms with E-state index in [-0.39, 0.29) is 128 Å². The summed E-state index contributed by atoms with van der Waals surface area (Å²) in [6, 6.07) is 10.9. The molecule has 8 heterocycles. The Kier molecular flexibility index (Phi) is 13.7. The first-order valence-electron chi connectivity index (χ1n) is 26.9. The number of fused-ring (bicyclic) bond motifs is 7. The van der Waals surface area contributed by atoms with Gasteiger partial charge in [0.1, 0.15) is 54.6 Å². The van der Waals surface area contributed by atoms with E-state index < -0.39 is 65.9 Å². The zero-order chi connectivity index (χ0) is 57.6. The summed E-state index contributed by atoms with van der Waals surface area (Å²) < 4.78 is 57.0. The number of nitrogens with one attached hydrogen (secondary N) is 1. The Morgan fingerprint density at radius 3 is 2.59 bits per heavy atom. The molecule has 4 aromatic heterocycles. The number of carbonyl (C=O) groups is 4.